The van der Waals surface area contributed by atoms with E-state index in [1.807, 2.05) is 59.3 Å². The molecule has 0 radical (unpaired) electrons. The molecule has 4 aromatic heterocycles. The fraction of sp³-hybridized carbons (Fsp3) is 0.156. The van der Waals surface area contributed by atoms with Crippen molar-refractivity contribution in [1.82, 2.24) is 34.6 Å². The number of hydrogen-bond acceptors (Lipinski definition) is 7. The third kappa shape index (κ3) is 3.91. The molecule has 1 aliphatic heterocycles. The van der Waals surface area contributed by atoms with Gasteiger partial charge in [-0.2, -0.15) is 5.10 Å². The molecule has 42 heavy (non-hydrogen) atoms. The van der Waals surface area contributed by atoms with Gasteiger partial charge in [0.1, 0.15) is 11.3 Å². The van der Waals surface area contributed by atoms with Crippen molar-refractivity contribution in [2.75, 3.05) is 17.6 Å². The van der Waals surface area contributed by atoms with Gasteiger partial charge in [-0.1, -0.05) is 12.1 Å². The lowest BCUT2D eigenvalue weighted by molar-refractivity contribution is 0.0936. The van der Waals surface area contributed by atoms with E-state index in [0.29, 0.717) is 23.1 Å². The standard InChI is InChI=1S/C32H27N9O/c33-29-24(5-2-14-35-29)30-37-27-11-12-28(40-17-3-15-36-40)39-31(27)41(30)20-8-9-21-19(18-20)7-10-26(21)38-32(42)23-4-1-6-25-22(23)13-16-34-25/h1-6,8-9,11-12,14-15,17-18,26,34H,7,10,13,16H2,(H2,33,35)(H,38,42). The third-order valence-corrected chi connectivity index (χ3v) is 8.19. The molecule has 4 N–H and O–H groups in total. The number of nitrogen functional groups attached to an aromatic ring is 1. The minimum Gasteiger partial charge on any atom is -0.384 e. The zero-order valence-corrected chi connectivity index (χ0v) is 22.7. The predicted molar refractivity (Wildman–Crippen MR) is 161 cm³/mol. The molecule has 10 nitrogen and oxygen atoms in total. The summed E-state index contributed by atoms with van der Waals surface area (Å²) >= 11 is 0. The van der Waals surface area contributed by atoms with Gasteiger partial charge >= 0.3 is 0 Å². The molecule has 10 heteroatoms. The van der Waals surface area contributed by atoms with Crippen LogP contribution in [0.25, 0.3) is 34.1 Å². The van der Waals surface area contributed by atoms with E-state index in [-0.39, 0.29) is 11.9 Å². The topological polar surface area (TPSA) is 129 Å². The maximum absolute atomic E-state index is 13.3. The van der Waals surface area contributed by atoms with E-state index in [9.17, 15) is 4.79 Å². The lowest BCUT2D eigenvalue weighted by Gasteiger charge is -2.17. The fourth-order valence-electron chi connectivity index (χ4n) is 6.20. The van der Waals surface area contributed by atoms with Crippen molar-refractivity contribution >= 4 is 28.6 Å². The average molecular weight is 554 g/mol. The summed E-state index contributed by atoms with van der Waals surface area (Å²) in [5.74, 6) is 1.72. The van der Waals surface area contributed by atoms with Crippen molar-refractivity contribution in [2.45, 2.75) is 25.3 Å². The van der Waals surface area contributed by atoms with Gasteiger partial charge in [-0.25, -0.2) is 19.6 Å². The summed E-state index contributed by atoms with van der Waals surface area (Å²) in [4.78, 5) is 27.6. The van der Waals surface area contributed by atoms with E-state index in [1.165, 1.54) is 5.56 Å². The van der Waals surface area contributed by atoms with Crippen LogP contribution in [0.5, 0.6) is 0 Å². The van der Waals surface area contributed by atoms with Crippen LogP contribution in [0.15, 0.2) is 85.3 Å². The second-order valence-electron chi connectivity index (χ2n) is 10.6. The van der Waals surface area contributed by atoms with Crippen LogP contribution in [-0.4, -0.2) is 41.8 Å². The summed E-state index contributed by atoms with van der Waals surface area (Å²) < 4.78 is 3.76. The largest absolute Gasteiger partial charge is 0.384 e. The Morgan fingerprint density at radius 2 is 1.95 bits per heavy atom. The minimum atomic E-state index is -0.0516. The quantitative estimate of drug-likeness (QED) is 0.284. The van der Waals surface area contributed by atoms with E-state index in [2.05, 4.69) is 38.9 Å². The molecule has 0 saturated carbocycles. The van der Waals surface area contributed by atoms with Crippen LogP contribution in [0.3, 0.4) is 0 Å². The molecule has 2 aliphatic rings. The fourth-order valence-corrected chi connectivity index (χ4v) is 6.20. The van der Waals surface area contributed by atoms with Crippen molar-refractivity contribution in [3.05, 3.63) is 108 Å². The highest BCUT2D eigenvalue weighted by molar-refractivity contribution is 5.98. The summed E-state index contributed by atoms with van der Waals surface area (Å²) in [6.45, 7) is 0.864. The highest BCUT2D eigenvalue weighted by Crippen LogP contribution is 2.36. The van der Waals surface area contributed by atoms with Crippen LogP contribution in [0.2, 0.25) is 0 Å². The Balaban J connectivity index is 1.19. The van der Waals surface area contributed by atoms with Crippen molar-refractivity contribution in [3.8, 4) is 22.9 Å². The summed E-state index contributed by atoms with van der Waals surface area (Å²) in [7, 11) is 0. The molecule has 2 aromatic carbocycles. The number of rotatable bonds is 5. The average Bonchev–Trinajstić information content (AvgIpc) is 3.83. The zero-order chi connectivity index (χ0) is 28.2. The van der Waals surface area contributed by atoms with Crippen LogP contribution in [0.1, 0.15) is 39.5 Å². The molecule has 1 atom stereocenters. The van der Waals surface area contributed by atoms with E-state index in [1.54, 1.807) is 17.1 Å². The number of imidazole rings is 1. The molecule has 0 fully saturated rings. The van der Waals surface area contributed by atoms with Crippen LogP contribution in [-0.2, 0) is 12.8 Å². The number of hydrogen-bond donors (Lipinski definition) is 3. The molecule has 5 heterocycles. The zero-order valence-electron chi connectivity index (χ0n) is 22.7. The van der Waals surface area contributed by atoms with E-state index >= 15 is 0 Å². The summed E-state index contributed by atoms with van der Waals surface area (Å²) in [6.07, 6.45) is 7.81. The van der Waals surface area contributed by atoms with Gasteiger partial charge in [0.05, 0.1) is 11.6 Å². The van der Waals surface area contributed by atoms with Gasteiger partial charge in [0.2, 0.25) is 0 Å². The molecule has 0 bridgehead atoms. The molecule has 8 rings (SSSR count). The SMILES string of the molecule is Nc1ncccc1-c1nc2ccc(-n3cccn3)nc2n1-c1ccc2c(c1)CCC2NC(=O)c1cccc2c1CCN2. The summed E-state index contributed by atoms with van der Waals surface area (Å²) in [5, 5.41) is 11.0. The Morgan fingerprint density at radius 3 is 2.83 bits per heavy atom. The van der Waals surface area contributed by atoms with Crippen LogP contribution in [0.4, 0.5) is 11.5 Å². The van der Waals surface area contributed by atoms with Crippen LogP contribution >= 0.6 is 0 Å². The maximum Gasteiger partial charge on any atom is 0.252 e. The Kier molecular flexibility index (Phi) is 5.53. The smallest absolute Gasteiger partial charge is 0.252 e. The van der Waals surface area contributed by atoms with E-state index < -0.39 is 0 Å². The van der Waals surface area contributed by atoms with Crippen LogP contribution in [0, 0.1) is 0 Å². The second kappa shape index (κ2) is 9.55. The Hall–Kier alpha value is -5.51. The Bertz CT molecular complexity index is 1990. The second-order valence-corrected chi connectivity index (χ2v) is 10.6. The van der Waals surface area contributed by atoms with Gasteiger partial charge in [-0.05, 0) is 90.6 Å². The number of nitrogens with one attached hydrogen (secondary N) is 2. The van der Waals surface area contributed by atoms with Crippen molar-refractivity contribution in [2.24, 2.45) is 0 Å². The molecule has 1 unspecified atom stereocenters. The number of nitrogens with two attached hydrogens (primary N) is 1. The first kappa shape index (κ1) is 24.3. The molecule has 6 aromatic rings. The number of amides is 1. The molecule has 1 amide bonds. The number of aromatic nitrogens is 6. The maximum atomic E-state index is 13.3. The number of aryl methyl sites for hydroxylation is 1. The van der Waals surface area contributed by atoms with Gasteiger partial charge < -0.3 is 16.4 Å². The number of fused-ring (bicyclic) bond motifs is 3. The van der Waals surface area contributed by atoms with Crippen molar-refractivity contribution in [1.29, 1.82) is 0 Å². The highest BCUT2D eigenvalue weighted by Gasteiger charge is 2.28. The number of benzene rings is 2. The van der Waals surface area contributed by atoms with E-state index in [0.717, 1.165) is 65.0 Å². The number of carbonyl (C=O) groups excluding carboxylic acids is 1. The van der Waals surface area contributed by atoms with Gasteiger partial charge in [0.15, 0.2) is 17.3 Å². The first-order valence-electron chi connectivity index (χ1n) is 14.0. The van der Waals surface area contributed by atoms with Crippen LogP contribution < -0.4 is 16.4 Å². The minimum absolute atomic E-state index is 0.0252. The number of carbonyl (C=O) groups is 1. The molecular weight excluding hydrogens is 526 g/mol. The normalized spacial score (nSPS) is 15.4. The predicted octanol–water partition coefficient (Wildman–Crippen LogP) is 4.64. The van der Waals surface area contributed by atoms with Gasteiger partial charge in [0, 0.05) is 42.1 Å². The Labute approximate surface area is 241 Å². The van der Waals surface area contributed by atoms with E-state index in [4.69, 9.17) is 15.7 Å². The molecular formula is C32H27N9O. The number of nitrogens with zero attached hydrogens (tertiary/aromatic N) is 6. The first-order chi connectivity index (χ1) is 20.6. The van der Waals surface area contributed by atoms with Gasteiger partial charge in [-0.3, -0.25) is 9.36 Å². The molecule has 0 saturated heterocycles. The lowest BCUT2D eigenvalue weighted by atomic mass is 10.0. The van der Waals surface area contributed by atoms with Crippen molar-refractivity contribution in [3.63, 3.8) is 0 Å². The summed E-state index contributed by atoms with van der Waals surface area (Å²) in [5.41, 5.74) is 14.6. The van der Waals surface area contributed by atoms with Gasteiger partial charge in [0.25, 0.3) is 5.91 Å². The highest BCUT2D eigenvalue weighted by atomic mass is 16.1. The lowest BCUT2D eigenvalue weighted by Crippen LogP contribution is -2.27. The molecule has 0 spiro atoms. The molecule has 206 valence electrons. The number of anilines is 2. The number of pyridine rings is 2. The molecule has 1 aliphatic carbocycles. The Morgan fingerprint density at radius 1 is 1.00 bits per heavy atom. The summed E-state index contributed by atoms with van der Waals surface area (Å²) in [6, 6.07) is 21.7. The third-order valence-electron chi connectivity index (χ3n) is 8.19. The monoisotopic (exact) mass is 553 g/mol. The van der Waals surface area contributed by atoms with Crippen molar-refractivity contribution < 1.29 is 4.79 Å². The first-order valence-corrected chi connectivity index (χ1v) is 14.0. The van der Waals surface area contributed by atoms with Gasteiger partial charge in [-0.15, -0.1) is 0 Å².